The van der Waals surface area contributed by atoms with Gasteiger partial charge < -0.3 is 4.55 Å². The zero-order chi connectivity index (χ0) is 7.28. The quantitative estimate of drug-likeness (QED) is 0.483. The van der Waals surface area contributed by atoms with Crippen molar-refractivity contribution < 1.29 is 8.76 Å². The molecule has 2 unspecified atom stereocenters. The lowest BCUT2D eigenvalue weighted by Crippen LogP contribution is -1.99. The highest BCUT2D eigenvalue weighted by molar-refractivity contribution is 7.79. The van der Waals surface area contributed by atoms with Gasteiger partial charge in [-0.25, -0.2) is 4.21 Å². The van der Waals surface area contributed by atoms with E-state index in [4.69, 9.17) is 4.55 Å². The molecule has 0 radical (unpaired) electrons. The standard InChI is InChI=1S/C6H12O2S/c1-3-6(2)4-5-9(7)8/h3,6H,1,4-5H2,2H3,(H,7,8). The number of allylic oxidation sites excluding steroid dienone is 1. The minimum Gasteiger partial charge on any atom is -0.306 e. The van der Waals surface area contributed by atoms with Crippen LogP contribution in [0, 0.1) is 5.92 Å². The predicted octanol–water partition coefficient (Wildman–Crippen LogP) is 1.42. The minimum atomic E-state index is -1.64. The molecule has 9 heavy (non-hydrogen) atoms. The number of hydrogen-bond acceptors (Lipinski definition) is 1. The second-order valence-corrected chi connectivity index (χ2v) is 3.08. The maximum Gasteiger partial charge on any atom is 0.152 e. The normalized spacial score (nSPS) is 16.7. The topological polar surface area (TPSA) is 37.3 Å². The van der Waals surface area contributed by atoms with Crippen molar-refractivity contribution in [2.75, 3.05) is 5.75 Å². The van der Waals surface area contributed by atoms with E-state index in [0.29, 0.717) is 11.7 Å². The van der Waals surface area contributed by atoms with E-state index < -0.39 is 11.1 Å². The summed E-state index contributed by atoms with van der Waals surface area (Å²) in [7, 11) is 0. The van der Waals surface area contributed by atoms with Gasteiger partial charge in [-0.15, -0.1) is 6.58 Å². The van der Waals surface area contributed by atoms with Crippen molar-refractivity contribution in [3.63, 3.8) is 0 Å². The fraction of sp³-hybridized carbons (Fsp3) is 0.667. The van der Waals surface area contributed by atoms with Crippen LogP contribution in [-0.4, -0.2) is 14.5 Å². The predicted molar refractivity (Wildman–Crippen MR) is 39.6 cm³/mol. The van der Waals surface area contributed by atoms with Gasteiger partial charge in [-0.3, -0.25) is 0 Å². The van der Waals surface area contributed by atoms with Crippen molar-refractivity contribution in [3.05, 3.63) is 12.7 Å². The maximum atomic E-state index is 10.1. The van der Waals surface area contributed by atoms with E-state index in [2.05, 4.69) is 6.58 Å². The molecular formula is C6H12O2S. The van der Waals surface area contributed by atoms with Crippen LogP contribution in [0.15, 0.2) is 12.7 Å². The van der Waals surface area contributed by atoms with Crippen LogP contribution >= 0.6 is 0 Å². The molecule has 3 heteroatoms. The van der Waals surface area contributed by atoms with Crippen LogP contribution in [0.2, 0.25) is 0 Å². The molecule has 54 valence electrons. The molecule has 0 amide bonds. The first-order valence-electron chi connectivity index (χ1n) is 2.87. The second-order valence-electron chi connectivity index (χ2n) is 2.03. The highest BCUT2D eigenvalue weighted by Gasteiger charge is 1.97. The molecule has 0 saturated carbocycles. The molecule has 0 rings (SSSR count). The molecule has 0 aromatic heterocycles. The first-order chi connectivity index (χ1) is 4.16. The van der Waals surface area contributed by atoms with Gasteiger partial charge in [0.25, 0.3) is 0 Å². The third-order valence-electron chi connectivity index (χ3n) is 1.15. The fourth-order valence-corrected chi connectivity index (χ4v) is 0.978. The van der Waals surface area contributed by atoms with Gasteiger partial charge in [-0.05, 0) is 12.3 Å². The van der Waals surface area contributed by atoms with Crippen LogP contribution in [0.4, 0.5) is 0 Å². The Bertz CT molecular complexity index is 112. The lowest BCUT2D eigenvalue weighted by molar-refractivity contribution is 0.555. The van der Waals surface area contributed by atoms with E-state index >= 15 is 0 Å². The monoisotopic (exact) mass is 148 g/mol. The number of hydrogen-bond donors (Lipinski definition) is 1. The Balaban J connectivity index is 3.26. The molecule has 0 saturated heterocycles. The summed E-state index contributed by atoms with van der Waals surface area (Å²) in [5, 5.41) is 0. The molecule has 0 fully saturated rings. The molecule has 0 heterocycles. The lowest BCUT2D eigenvalue weighted by Gasteiger charge is -2.00. The van der Waals surface area contributed by atoms with E-state index in [1.165, 1.54) is 0 Å². The minimum absolute atomic E-state index is 0.348. The van der Waals surface area contributed by atoms with Crippen molar-refractivity contribution in [1.29, 1.82) is 0 Å². The molecule has 0 bridgehead atoms. The van der Waals surface area contributed by atoms with Gasteiger partial charge in [0.15, 0.2) is 11.1 Å². The summed E-state index contributed by atoms with van der Waals surface area (Å²) in [5.41, 5.74) is 0. The van der Waals surface area contributed by atoms with E-state index in [1.807, 2.05) is 6.92 Å². The molecule has 0 aromatic rings. The van der Waals surface area contributed by atoms with Crippen LogP contribution < -0.4 is 0 Å². The first-order valence-corrected chi connectivity index (χ1v) is 4.14. The van der Waals surface area contributed by atoms with Gasteiger partial charge in [0, 0.05) is 5.75 Å². The highest BCUT2D eigenvalue weighted by atomic mass is 32.2. The van der Waals surface area contributed by atoms with Crippen LogP contribution in [0.25, 0.3) is 0 Å². The summed E-state index contributed by atoms with van der Waals surface area (Å²) in [6.07, 6.45) is 2.53. The van der Waals surface area contributed by atoms with Gasteiger partial charge in [-0.2, -0.15) is 0 Å². The zero-order valence-corrected chi connectivity index (χ0v) is 6.36. The molecule has 0 aliphatic rings. The molecule has 0 aliphatic heterocycles. The Morgan fingerprint density at radius 3 is 2.78 bits per heavy atom. The van der Waals surface area contributed by atoms with E-state index in [0.717, 1.165) is 6.42 Å². The Morgan fingerprint density at radius 1 is 1.89 bits per heavy atom. The Hall–Kier alpha value is -0.150. The average molecular weight is 148 g/mol. The second kappa shape index (κ2) is 4.70. The van der Waals surface area contributed by atoms with Crippen LogP contribution in [0.1, 0.15) is 13.3 Å². The summed E-state index contributed by atoms with van der Waals surface area (Å²) in [5.74, 6) is 0.703. The average Bonchev–Trinajstić information content (AvgIpc) is 1.83. The smallest absolute Gasteiger partial charge is 0.152 e. The van der Waals surface area contributed by atoms with Crippen LogP contribution in [0.5, 0.6) is 0 Å². The summed E-state index contributed by atoms with van der Waals surface area (Å²) in [6.45, 7) is 5.53. The van der Waals surface area contributed by atoms with E-state index in [-0.39, 0.29) is 0 Å². The molecular weight excluding hydrogens is 136 g/mol. The first kappa shape index (κ1) is 8.85. The third-order valence-corrected chi connectivity index (χ3v) is 1.74. The van der Waals surface area contributed by atoms with Gasteiger partial charge >= 0.3 is 0 Å². The Morgan fingerprint density at radius 2 is 2.44 bits per heavy atom. The van der Waals surface area contributed by atoms with Gasteiger partial charge in [-0.1, -0.05) is 13.0 Å². The largest absolute Gasteiger partial charge is 0.306 e. The SMILES string of the molecule is C=CC(C)CCS(=O)O. The third kappa shape index (κ3) is 5.73. The zero-order valence-electron chi connectivity index (χ0n) is 5.54. The van der Waals surface area contributed by atoms with Crippen molar-refractivity contribution >= 4 is 11.1 Å². The Labute approximate surface area is 58.3 Å². The van der Waals surface area contributed by atoms with Gasteiger partial charge in [0.2, 0.25) is 0 Å². The molecule has 0 aromatic carbocycles. The van der Waals surface area contributed by atoms with Crippen molar-refractivity contribution in [3.8, 4) is 0 Å². The van der Waals surface area contributed by atoms with Crippen molar-refractivity contribution in [2.45, 2.75) is 13.3 Å². The summed E-state index contributed by atoms with van der Waals surface area (Å²) < 4.78 is 18.4. The summed E-state index contributed by atoms with van der Waals surface area (Å²) in [4.78, 5) is 0. The maximum absolute atomic E-state index is 10.1. The van der Waals surface area contributed by atoms with Crippen LogP contribution in [-0.2, 0) is 11.1 Å². The lowest BCUT2D eigenvalue weighted by atomic mass is 10.1. The summed E-state index contributed by atoms with van der Waals surface area (Å²) >= 11 is -1.64. The van der Waals surface area contributed by atoms with E-state index in [9.17, 15) is 4.21 Å². The molecule has 2 atom stereocenters. The van der Waals surface area contributed by atoms with Gasteiger partial charge in [0.05, 0.1) is 0 Å². The number of rotatable bonds is 4. The molecule has 0 spiro atoms. The molecule has 1 N–H and O–H groups in total. The van der Waals surface area contributed by atoms with Crippen molar-refractivity contribution in [1.82, 2.24) is 0 Å². The highest BCUT2D eigenvalue weighted by Crippen LogP contribution is 2.01. The Kier molecular flexibility index (Phi) is 4.62. The molecule has 0 aliphatic carbocycles. The van der Waals surface area contributed by atoms with E-state index in [1.54, 1.807) is 6.08 Å². The van der Waals surface area contributed by atoms with Crippen molar-refractivity contribution in [2.24, 2.45) is 5.92 Å². The molecule has 2 nitrogen and oxygen atoms in total. The fourth-order valence-electron chi connectivity index (χ4n) is 0.405. The summed E-state index contributed by atoms with van der Waals surface area (Å²) in [6, 6.07) is 0. The van der Waals surface area contributed by atoms with Crippen LogP contribution in [0.3, 0.4) is 0 Å². The van der Waals surface area contributed by atoms with Gasteiger partial charge in [0.1, 0.15) is 0 Å².